The Hall–Kier alpha value is -2.26. The van der Waals surface area contributed by atoms with Gasteiger partial charge in [-0.05, 0) is 37.1 Å². The van der Waals surface area contributed by atoms with Gasteiger partial charge < -0.3 is 5.11 Å². The first-order chi connectivity index (χ1) is 11.3. The Labute approximate surface area is 139 Å². The van der Waals surface area contributed by atoms with Crippen LogP contribution in [0.3, 0.4) is 0 Å². The van der Waals surface area contributed by atoms with E-state index < -0.39 is 16.0 Å². The molecule has 0 unspecified atom stereocenters. The Morgan fingerprint density at radius 1 is 1.25 bits per heavy atom. The third-order valence-electron chi connectivity index (χ3n) is 4.13. The number of benzene rings is 1. The zero-order chi connectivity index (χ0) is 17.3. The van der Waals surface area contributed by atoms with Crippen molar-refractivity contribution >= 4 is 16.0 Å². The molecule has 0 amide bonds. The van der Waals surface area contributed by atoms with Crippen molar-refractivity contribution in [2.45, 2.75) is 43.0 Å². The highest BCUT2D eigenvalue weighted by molar-refractivity contribution is 7.89. The summed E-state index contributed by atoms with van der Waals surface area (Å²) in [7, 11) is -3.78. The zero-order valence-corrected chi connectivity index (χ0v) is 13.7. The molecule has 0 radical (unpaired) electrons. The normalized spacial score (nSPS) is 15.7. The van der Waals surface area contributed by atoms with Crippen LogP contribution in [0, 0.1) is 0 Å². The number of nitrogens with two attached hydrogens (primary N) is 1. The smallest absolute Gasteiger partial charge is 0.325 e. The van der Waals surface area contributed by atoms with Crippen LogP contribution >= 0.6 is 0 Å². The second-order valence-electron chi connectivity index (χ2n) is 5.90. The van der Waals surface area contributed by atoms with E-state index in [1.165, 1.54) is 16.8 Å². The van der Waals surface area contributed by atoms with E-state index in [0.29, 0.717) is 17.2 Å². The molecule has 8 nitrogen and oxygen atoms in total. The molecule has 0 saturated heterocycles. The minimum absolute atomic E-state index is 0.00781. The molecule has 1 aromatic heterocycles. The van der Waals surface area contributed by atoms with Crippen LogP contribution in [-0.4, -0.2) is 34.3 Å². The summed E-state index contributed by atoms with van der Waals surface area (Å²) < 4.78 is 24.0. The Bertz CT molecular complexity index is 852. The highest BCUT2D eigenvalue weighted by atomic mass is 32.2. The number of primary sulfonamides is 1. The molecule has 3 N–H and O–H groups in total. The van der Waals surface area contributed by atoms with Crippen molar-refractivity contribution in [3.05, 3.63) is 30.1 Å². The SMILES string of the molecule is NS(=O)(=O)c1ccc(-c2nc(C3CCCC3)nn2CC(=O)O)cc1. The van der Waals surface area contributed by atoms with Crippen molar-refractivity contribution in [2.75, 3.05) is 0 Å². The highest BCUT2D eigenvalue weighted by Crippen LogP contribution is 2.33. The lowest BCUT2D eigenvalue weighted by atomic mass is 10.1. The largest absolute Gasteiger partial charge is 0.480 e. The van der Waals surface area contributed by atoms with Gasteiger partial charge in [0.25, 0.3) is 0 Å². The van der Waals surface area contributed by atoms with Crippen LogP contribution in [-0.2, 0) is 21.4 Å². The molecule has 0 bridgehead atoms. The number of sulfonamides is 1. The number of aliphatic carboxylic acids is 1. The average molecular weight is 350 g/mol. The fraction of sp³-hybridized carbons (Fsp3) is 0.400. The number of hydrogen-bond donors (Lipinski definition) is 2. The summed E-state index contributed by atoms with van der Waals surface area (Å²) in [5, 5.41) is 18.5. The lowest BCUT2D eigenvalue weighted by molar-refractivity contribution is -0.137. The van der Waals surface area contributed by atoms with Gasteiger partial charge in [-0.1, -0.05) is 12.8 Å². The van der Waals surface area contributed by atoms with Crippen molar-refractivity contribution in [2.24, 2.45) is 5.14 Å². The first kappa shape index (κ1) is 16.6. The number of carbonyl (C=O) groups is 1. The van der Waals surface area contributed by atoms with Crippen molar-refractivity contribution in [1.82, 2.24) is 14.8 Å². The average Bonchev–Trinajstić information content (AvgIpc) is 3.15. The molecule has 24 heavy (non-hydrogen) atoms. The van der Waals surface area contributed by atoms with E-state index in [1.807, 2.05) is 0 Å². The van der Waals surface area contributed by atoms with Crippen LogP contribution in [0.25, 0.3) is 11.4 Å². The minimum atomic E-state index is -3.78. The Morgan fingerprint density at radius 2 is 1.88 bits per heavy atom. The summed E-state index contributed by atoms with van der Waals surface area (Å²) in [4.78, 5) is 15.6. The standard InChI is InChI=1S/C15H18N4O4S/c16-24(22,23)12-7-5-11(6-8-12)15-17-14(10-3-1-2-4-10)18-19(15)9-13(20)21/h5-8,10H,1-4,9H2,(H,20,21)(H2,16,22,23). The highest BCUT2D eigenvalue weighted by Gasteiger charge is 2.24. The van der Waals surface area contributed by atoms with Gasteiger partial charge in [-0.2, -0.15) is 5.10 Å². The molecular weight excluding hydrogens is 332 g/mol. The van der Waals surface area contributed by atoms with Gasteiger partial charge in [0.15, 0.2) is 11.6 Å². The molecule has 1 aliphatic carbocycles. The Kier molecular flexibility index (Phi) is 4.37. The predicted molar refractivity (Wildman–Crippen MR) is 85.7 cm³/mol. The molecule has 1 aliphatic rings. The van der Waals surface area contributed by atoms with E-state index in [-0.39, 0.29) is 17.4 Å². The second kappa shape index (κ2) is 6.33. The number of rotatable bonds is 5. The number of nitrogens with zero attached hydrogens (tertiary/aromatic N) is 3. The van der Waals surface area contributed by atoms with Crippen molar-refractivity contribution in [3.63, 3.8) is 0 Å². The van der Waals surface area contributed by atoms with Gasteiger partial charge in [-0.25, -0.2) is 23.2 Å². The third-order valence-corrected chi connectivity index (χ3v) is 5.06. The molecule has 1 heterocycles. The fourth-order valence-electron chi connectivity index (χ4n) is 2.96. The van der Waals surface area contributed by atoms with Gasteiger partial charge in [0, 0.05) is 11.5 Å². The molecule has 1 fully saturated rings. The summed E-state index contributed by atoms with van der Waals surface area (Å²) in [6.45, 7) is -0.300. The van der Waals surface area contributed by atoms with Crippen molar-refractivity contribution in [1.29, 1.82) is 0 Å². The maximum atomic E-state index is 11.3. The number of aromatic nitrogens is 3. The first-order valence-electron chi connectivity index (χ1n) is 7.64. The molecule has 9 heteroatoms. The molecule has 1 aromatic carbocycles. The zero-order valence-electron chi connectivity index (χ0n) is 12.9. The van der Waals surface area contributed by atoms with E-state index in [0.717, 1.165) is 25.7 Å². The number of hydrogen-bond acceptors (Lipinski definition) is 5. The van der Waals surface area contributed by atoms with Crippen LogP contribution in [0.15, 0.2) is 29.2 Å². The molecule has 0 spiro atoms. The van der Waals surface area contributed by atoms with E-state index in [9.17, 15) is 13.2 Å². The van der Waals surface area contributed by atoms with E-state index in [4.69, 9.17) is 10.2 Å². The molecule has 3 rings (SSSR count). The minimum Gasteiger partial charge on any atom is -0.480 e. The lowest BCUT2D eigenvalue weighted by Gasteiger charge is -2.04. The van der Waals surface area contributed by atoms with Gasteiger partial charge in [0.05, 0.1) is 4.90 Å². The first-order valence-corrected chi connectivity index (χ1v) is 9.19. The van der Waals surface area contributed by atoms with Gasteiger partial charge in [-0.15, -0.1) is 0 Å². The number of carboxylic acid groups (broad SMARTS) is 1. The van der Waals surface area contributed by atoms with E-state index in [1.54, 1.807) is 12.1 Å². The van der Waals surface area contributed by atoms with Crippen LogP contribution < -0.4 is 5.14 Å². The molecule has 2 aromatic rings. The fourth-order valence-corrected chi connectivity index (χ4v) is 3.48. The van der Waals surface area contributed by atoms with Crippen molar-refractivity contribution in [3.8, 4) is 11.4 Å². The summed E-state index contributed by atoms with van der Waals surface area (Å²) in [6, 6.07) is 5.86. The second-order valence-corrected chi connectivity index (χ2v) is 7.46. The van der Waals surface area contributed by atoms with Crippen LogP contribution in [0.5, 0.6) is 0 Å². The topological polar surface area (TPSA) is 128 Å². The quantitative estimate of drug-likeness (QED) is 0.837. The maximum Gasteiger partial charge on any atom is 0.325 e. The monoisotopic (exact) mass is 350 g/mol. The maximum absolute atomic E-state index is 11.3. The lowest BCUT2D eigenvalue weighted by Crippen LogP contribution is -2.13. The van der Waals surface area contributed by atoms with Gasteiger partial charge in [0.2, 0.25) is 10.0 Å². The van der Waals surface area contributed by atoms with Crippen LogP contribution in [0.2, 0.25) is 0 Å². The van der Waals surface area contributed by atoms with E-state index in [2.05, 4.69) is 10.1 Å². The van der Waals surface area contributed by atoms with Gasteiger partial charge >= 0.3 is 5.97 Å². The number of carboxylic acids is 1. The Balaban J connectivity index is 1.99. The third kappa shape index (κ3) is 3.46. The predicted octanol–water partition coefficient (Wildman–Crippen LogP) is 1.33. The molecule has 0 aliphatic heterocycles. The van der Waals surface area contributed by atoms with Crippen LogP contribution in [0.1, 0.15) is 37.4 Å². The molecule has 1 saturated carbocycles. The molecule has 128 valence electrons. The van der Waals surface area contributed by atoms with Gasteiger partial charge in [-0.3, -0.25) is 4.79 Å². The molecule has 0 atom stereocenters. The van der Waals surface area contributed by atoms with Gasteiger partial charge in [0.1, 0.15) is 6.54 Å². The summed E-state index contributed by atoms with van der Waals surface area (Å²) >= 11 is 0. The summed E-state index contributed by atoms with van der Waals surface area (Å²) in [5.74, 6) is 0.308. The van der Waals surface area contributed by atoms with Crippen LogP contribution in [0.4, 0.5) is 0 Å². The van der Waals surface area contributed by atoms with Crippen molar-refractivity contribution < 1.29 is 18.3 Å². The molecular formula is C15H18N4O4S. The van der Waals surface area contributed by atoms with E-state index >= 15 is 0 Å². The Morgan fingerprint density at radius 3 is 2.42 bits per heavy atom. The summed E-state index contributed by atoms with van der Waals surface area (Å²) in [5.41, 5.74) is 0.598. The summed E-state index contributed by atoms with van der Waals surface area (Å²) in [6.07, 6.45) is 4.24.